The van der Waals surface area contributed by atoms with E-state index in [0.29, 0.717) is 23.9 Å². The Labute approximate surface area is 158 Å². The second-order valence-corrected chi connectivity index (χ2v) is 9.92. The van der Waals surface area contributed by atoms with E-state index in [0.717, 1.165) is 37.8 Å². The summed E-state index contributed by atoms with van der Waals surface area (Å²) in [5.41, 5.74) is 0.926. The first kappa shape index (κ1) is 19.2. The number of nitrogens with zero attached hydrogens (tertiary/aromatic N) is 2. The van der Waals surface area contributed by atoms with E-state index in [-0.39, 0.29) is 4.75 Å². The number of hydrogen-bond acceptors (Lipinski definition) is 6. The third-order valence-corrected chi connectivity index (χ3v) is 6.22. The molecule has 0 spiro atoms. The first-order chi connectivity index (χ1) is 12.4. The molecule has 142 valence electrons. The molecule has 0 radical (unpaired) electrons. The molecule has 1 aromatic carbocycles. The lowest BCUT2D eigenvalue weighted by molar-refractivity contribution is 0.333. The van der Waals surface area contributed by atoms with Crippen molar-refractivity contribution in [3.63, 3.8) is 0 Å². The van der Waals surface area contributed by atoms with Gasteiger partial charge < -0.3 is 14.3 Å². The molecule has 6 nitrogen and oxygen atoms in total. The third kappa shape index (κ3) is 5.22. The Hall–Kier alpha value is -1.57. The molecule has 1 saturated carbocycles. The topological polar surface area (TPSA) is 86.0 Å². The summed E-state index contributed by atoms with van der Waals surface area (Å²) < 4.78 is 20.8. The van der Waals surface area contributed by atoms with Crippen molar-refractivity contribution < 1.29 is 8.97 Å². The van der Waals surface area contributed by atoms with Gasteiger partial charge in [0.15, 0.2) is 0 Å². The van der Waals surface area contributed by atoms with Crippen molar-refractivity contribution in [3.05, 3.63) is 30.3 Å². The molecule has 1 unspecified atom stereocenters. The van der Waals surface area contributed by atoms with Crippen molar-refractivity contribution in [3.8, 4) is 11.5 Å². The van der Waals surface area contributed by atoms with Gasteiger partial charge in [0.05, 0.1) is 0 Å². The quantitative estimate of drug-likeness (QED) is 0.747. The van der Waals surface area contributed by atoms with Gasteiger partial charge in [0, 0.05) is 29.5 Å². The highest BCUT2D eigenvalue weighted by atomic mass is 32.2. The molecule has 0 aliphatic heterocycles. The molecule has 1 aliphatic rings. The number of hydrogen-bond donors (Lipinski definition) is 2. The van der Waals surface area contributed by atoms with Crippen molar-refractivity contribution in [1.29, 1.82) is 0 Å². The second-order valence-electron chi connectivity index (χ2n) is 7.87. The zero-order valence-electron chi connectivity index (χ0n) is 15.7. The molecule has 1 aromatic heterocycles. The molecule has 0 saturated heterocycles. The lowest BCUT2D eigenvalue weighted by Gasteiger charge is -2.30. The molecule has 7 heteroatoms. The summed E-state index contributed by atoms with van der Waals surface area (Å²) >= 11 is -0.994. The molecule has 1 atom stereocenters. The van der Waals surface area contributed by atoms with Gasteiger partial charge in [-0.2, -0.15) is 0 Å². The second kappa shape index (κ2) is 8.41. The first-order valence-corrected chi connectivity index (χ1v) is 10.4. The average Bonchev–Trinajstić information content (AvgIpc) is 3.09. The zero-order chi connectivity index (χ0) is 18.6. The summed E-state index contributed by atoms with van der Waals surface area (Å²) in [6.45, 7) is 6.79. The lowest BCUT2D eigenvalue weighted by atomic mass is 9.86. The van der Waals surface area contributed by atoms with E-state index in [1.54, 1.807) is 0 Å². The fourth-order valence-corrected chi connectivity index (χ4v) is 3.89. The fourth-order valence-electron chi connectivity index (χ4n) is 3.07. The Morgan fingerprint density at radius 3 is 2.46 bits per heavy atom. The van der Waals surface area contributed by atoms with E-state index < -0.39 is 11.4 Å². The van der Waals surface area contributed by atoms with Crippen LogP contribution in [0.15, 0.2) is 34.7 Å². The molecular formula is C19H28N4O2S. The molecule has 1 fully saturated rings. The standard InChI is InChI=1S/C19H28N4O2S/c1-19(2,3)26(24)20-13-14-9-11-16(12-10-14)21-18-23-22-17(25-18)15-7-5-4-6-8-15/h4-8,14,16,20H,9-13H2,1-3H3,(H,21,23)/t14-,16-,26?. The maximum absolute atomic E-state index is 12.1. The van der Waals surface area contributed by atoms with Crippen LogP contribution >= 0.6 is 0 Å². The van der Waals surface area contributed by atoms with Crippen molar-refractivity contribution in [1.82, 2.24) is 14.9 Å². The summed E-state index contributed by atoms with van der Waals surface area (Å²) in [6.07, 6.45) is 4.31. The number of anilines is 1. The molecule has 0 amide bonds. The minimum absolute atomic E-state index is 0.215. The van der Waals surface area contributed by atoms with Gasteiger partial charge in [0.25, 0.3) is 0 Å². The Bertz CT molecular complexity index is 678. The largest absolute Gasteiger partial charge is 0.598 e. The first-order valence-electron chi connectivity index (χ1n) is 9.22. The van der Waals surface area contributed by atoms with Crippen LogP contribution in [0.3, 0.4) is 0 Å². The lowest BCUT2D eigenvalue weighted by Crippen LogP contribution is -2.42. The number of nitrogens with one attached hydrogen (secondary N) is 2. The van der Waals surface area contributed by atoms with Crippen LogP contribution in [-0.2, 0) is 11.4 Å². The van der Waals surface area contributed by atoms with Gasteiger partial charge in [-0.3, -0.25) is 0 Å². The predicted octanol–water partition coefficient (Wildman–Crippen LogP) is 3.76. The maximum atomic E-state index is 12.1. The minimum atomic E-state index is -0.994. The fraction of sp³-hybridized carbons (Fsp3) is 0.579. The van der Waals surface area contributed by atoms with Crippen LogP contribution in [0.1, 0.15) is 46.5 Å². The maximum Gasteiger partial charge on any atom is 0.315 e. The van der Waals surface area contributed by atoms with Gasteiger partial charge in [-0.25, -0.2) is 0 Å². The SMILES string of the molecule is CC(C)(C)[S+]([O-])NC[C@H]1CC[C@H](Nc2nnc(-c3ccccc3)o2)CC1. The Morgan fingerprint density at radius 2 is 1.81 bits per heavy atom. The number of benzene rings is 1. The number of rotatable bonds is 6. The highest BCUT2D eigenvalue weighted by molar-refractivity contribution is 7.90. The molecule has 2 N–H and O–H groups in total. The molecule has 3 rings (SSSR count). The van der Waals surface area contributed by atoms with E-state index in [2.05, 4.69) is 20.2 Å². The highest BCUT2D eigenvalue weighted by Crippen LogP contribution is 2.27. The van der Waals surface area contributed by atoms with Gasteiger partial charge >= 0.3 is 6.01 Å². The van der Waals surface area contributed by atoms with Crippen LogP contribution in [0.2, 0.25) is 0 Å². The van der Waals surface area contributed by atoms with E-state index in [1.807, 2.05) is 51.1 Å². The van der Waals surface area contributed by atoms with Gasteiger partial charge in [-0.1, -0.05) is 23.3 Å². The summed E-state index contributed by atoms with van der Waals surface area (Å²) in [7, 11) is 0. The summed E-state index contributed by atoms with van der Waals surface area (Å²) in [5, 5.41) is 11.6. The van der Waals surface area contributed by atoms with Crippen molar-refractivity contribution >= 4 is 17.4 Å². The predicted molar refractivity (Wildman–Crippen MR) is 105 cm³/mol. The Kier molecular flexibility index (Phi) is 6.21. The summed E-state index contributed by atoms with van der Waals surface area (Å²) in [6, 6.07) is 10.6. The monoisotopic (exact) mass is 376 g/mol. The normalized spacial score (nSPS) is 22.2. The Morgan fingerprint density at radius 1 is 1.12 bits per heavy atom. The third-order valence-electron chi connectivity index (χ3n) is 4.68. The van der Waals surface area contributed by atoms with Crippen molar-refractivity contribution in [2.24, 2.45) is 5.92 Å². The van der Waals surface area contributed by atoms with Gasteiger partial charge in [-0.05, 0) is 64.5 Å². The van der Waals surface area contributed by atoms with Crippen LogP contribution in [0.25, 0.3) is 11.5 Å². The smallest absolute Gasteiger partial charge is 0.315 e. The van der Waals surface area contributed by atoms with Crippen LogP contribution in [-0.4, -0.2) is 32.1 Å². The van der Waals surface area contributed by atoms with Crippen LogP contribution in [0, 0.1) is 5.92 Å². The molecule has 2 aromatic rings. The van der Waals surface area contributed by atoms with Gasteiger partial charge in [0.2, 0.25) is 5.89 Å². The van der Waals surface area contributed by atoms with Crippen LogP contribution in [0.4, 0.5) is 6.01 Å². The van der Waals surface area contributed by atoms with E-state index in [4.69, 9.17) is 4.42 Å². The average molecular weight is 377 g/mol. The van der Waals surface area contributed by atoms with Crippen molar-refractivity contribution in [2.45, 2.75) is 57.2 Å². The molecular weight excluding hydrogens is 348 g/mol. The number of aromatic nitrogens is 2. The van der Waals surface area contributed by atoms with Gasteiger partial charge in [0.1, 0.15) is 4.75 Å². The molecule has 1 aliphatic carbocycles. The molecule has 26 heavy (non-hydrogen) atoms. The highest BCUT2D eigenvalue weighted by Gasteiger charge is 2.28. The summed E-state index contributed by atoms with van der Waals surface area (Å²) in [4.78, 5) is 0. The van der Waals surface area contributed by atoms with E-state index >= 15 is 0 Å². The van der Waals surface area contributed by atoms with E-state index in [1.165, 1.54) is 0 Å². The zero-order valence-corrected chi connectivity index (χ0v) is 16.5. The minimum Gasteiger partial charge on any atom is -0.598 e. The van der Waals surface area contributed by atoms with Crippen LogP contribution < -0.4 is 10.0 Å². The van der Waals surface area contributed by atoms with Gasteiger partial charge in [-0.15, -0.1) is 9.82 Å². The Balaban J connectivity index is 1.44. The summed E-state index contributed by atoms with van der Waals surface area (Å²) in [5.74, 6) is 1.11. The molecule has 0 bridgehead atoms. The molecule has 1 heterocycles. The van der Waals surface area contributed by atoms with Crippen molar-refractivity contribution in [2.75, 3.05) is 11.9 Å². The van der Waals surface area contributed by atoms with E-state index in [9.17, 15) is 4.55 Å². The van der Waals surface area contributed by atoms with Crippen LogP contribution in [0.5, 0.6) is 0 Å².